The standard InChI is InChI=1S/C33H58N2O8/c1-10-40-30(38)34-22-18-20-27(19-14-12-16-23-42-28(36)25(3)4)33(9,32(7,8)35-31(39)41-11-2)21-15-13-17-24-43-29(37)26(5)6/h27H,3,5,10-24H2,1-2,4,6-9H3,(H,34,38)(H,35,39). The topological polar surface area (TPSA) is 129 Å². The lowest BCUT2D eigenvalue weighted by Gasteiger charge is -2.50. The van der Waals surface area contributed by atoms with E-state index in [9.17, 15) is 19.2 Å². The molecule has 248 valence electrons. The second-order valence-electron chi connectivity index (χ2n) is 11.9. The fourth-order valence-corrected chi connectivity index (χ4v) is 5.11. The van der Waals surface area contributed by atoms with Crippen molar-refractivity contribution >= 4 is 24.1 Å². The van der Waals surface area contributed by atoms with Crippen LogP contribution in [0.4, 0.5) is 9.59 Å². The van der Waals surface area contributed by atoms with Gasteiger partial charge in [-0.3, -0.25) is 0 Å². The number of amides is 2. The largest absolute Gasteiger partial charge is 0.462 e. The molecule has 0 rings (SSSR count). The van der Waals surface area contributed by atoms with Crippen LogP contribution in [0.2, 0.25) is 0 Å². The Hall–Kier alpha value is -3.04. The number of ether oxygens (including phenoxy) is 4. The molecule has 0 aliphatic rings. The van der Waals surface area contributed by atoms with Gasteiger partial charge in [0.1, 0.15) is 0 Å². The van der Waals surface area contributed by atoms with Gasteiger partial charge in [0.05, 0.1) is 26.4 Å². The molecule has 2 amide bonds. The molecule has 0 saturated heterocycles. The van der Waals surface area contributed by atoms with E-state index in [2.05, 4.69) is 30.7 Å². The summed E-state index contributed by atoms with van der Waals surface area (Å²) in [7, 11) is 0. The summed E-state index contributed by atoms with van der Waals surface area (Å²) in [5.74, 6) is -0.552. The normalized spacial score (nSPS) is 13.2. The highest BCUT2D eigenvalue weighted by Crippen LogP contribution is 2.47. The van der Waals surface area contributed by atoms with Gasteiger partial charge in [0.25, 0.3) is 0 Å². The van der Waals surface area contributed by atoms with Crippen LogP contribution >= 0.6 is 0 Å². The first-order chi connectivity index (χ1) is 20.2. The predicted octanol–water partition coefficient (Wildman–Crippen LogP) is 7.02. The van der Waals surface area contributed by atoms with Crippen molar-refractivity contribution in [2.45, 2.75) is 118 Å². The molecule has 0 spiro atoms. The van der Waals surface area contributed by atoms with Crippen LogP contribution in [-0.4, -0.2) is 62.6 Å². The number of nitrogens with one attached hydrogen (secondary N) is 2. The number of hydrogen-bond acceptors (Lipinski definition) is 8. The molecule has 2 atom stereocenters. The Morgan fingerprint density at radius 1 is 0.674 bits per heavy atom. The molecule has 0 saturated carbocycles. The second kappa shape index (κ2) is 21.6. The van der Waals surface area contributed by atoms with Gasteiger partial charge >= 0.3 is 24.1 Å². The van der Waals surface area contributed by atoms with Crippen molar-refractivity contribution in [3.8, 4) is 0 Å². The zero-order chi connectivity index (χ0) is 32.9. The molecule has 0 bridgehead atoms. The van der Waals surface area contributed by atoms with Crippen molar-refractivity contribution in [2.75, 3.05) is 33.0 Å². The van der Waals surface area contributed by atoms with Crippen LogP contribution < -0.4 is 10.6 Å². The minimum Gasteiger partial charge on any atom is -0.462 e. The number of esters is 2. The number of unbranched alkanes of at least 4 members (excludes halogenated alkanes) is 4. The van der Waals surface area contributed by atoms with Crippen molar-refractivity contribution < 1.29 is 38.1 Å². The number of rotatable bonds is 23. The predicted molar refractivity (Wildman–Crippen MR) is 169 cm³/mol. The van der Waals surface area contributed by atoms with Crippen molar-refractivity contribution in [2.24, 2.45) is 11.3 Å². The molecule has 10 heteroatoms. The van der Waals surface area contributed by atoms with E-state index in [4.69, 9.17) is 18.9 Å². The summed E-state index contributed by atoms with van der Waals surface area (Å²) in [6.45, 7) is 22.1. The lowest BCUT2D eigenvalue weighted by atomic mass is 9.59. The third-order valence-corrected chi connectivity index (χ3v) is 7.99. The van der Waals surface area contributed by atoms with Gasteiger partial charge in [0, 0.05) is 23.2 Å². The summed E-state index contributed by atoms with van der Waals surface area (Å²) in [4.78, 5) is 47.8. The molecule has 2 unspecified atom stereocenters. The zero-order valence-electron chi connectivity index (χ0n) is 27.9. The molecule has 0 aromatic rings. The van der Waals surface area contributed by atoms with E-state index in [-0.39, 0.29) is 29.9 Å². The molecule has 0 aliphatic carbocycles. The molecule has 0 aromatic heterocycles. The monoisotopic (exact) mass is 610 g/mol. The van der Waals surface area contributed by atoms with E-state index in [0.717, 1.165) is 64.2 Å². The van der Waals surface area contributed by atoms with Gasteiger partial charge in [0.15, 0.2) is 0 Å². The summed E-state index contributed by atoms with van der Waals surface area (Å²) >= 11 is 0. The van der Waals surface area contributed by atoms with Crippen LogP contribution in [0.1, 0.15) is 113 Å². The van der Waals surface area contributed by atoms with Gasteiger partial charge in [-0.1, -0.05) is 45.8 Å². The lowest BCUT2D eigenvalue weighted by Crippen LogP contribution is -2.58. The number of carbonyl (C=O) groups is 4. The smallest absolute Gasteiger partial charge is 0.407 e. The van der Waals surface area contributed by atoms with E-state index in [1.807, 2.05) is 13.8 Å². The molecule has 0 aromatic carbocycles. The van der Waals surface area contributed by atoms with Gasteiger partial charge in [-0.15, -0.1) is 0 Å². The van der Waals surface area contributed by atoms with Crippen LogP contribution in [0, 0.1) is 11.3 Å². The van der Waals surface area contributed by atoms with Crippen LogP contribution in [-0.2, 0) is 28.5 Å². The van der Waals surface area contributed by atoms with Crippen LogP contribution in [0.5, 0.6) is 0 Å². The molecular formula is C33H58N2O8. The Balaban J connectivity index is 5.65. The maximum Gasteiger partial charge on any atom is 0.407 e. The minimum atomic E-state index is -0.609. The highest BCUT2D eigenvalue weighted by molar-refractivity contribution is 5.87. The summed E-state index contributed by atoms with van der Waals surface area (Å²) in [6, 6.07) is 0. The molecule has 0 fully saturated rings. The molecule has 0 heterocycles. The molecular weight excluding hydrogens is 552 g/mol. The average molecular weight is 611 g/mol. The van der Waals surface area contributed by atoms with Crippen LogP contribution in [0.15, 0.2) is 24.3 Å². The third kappa shape index (κ3) is 16.4. The minimum absolute atomic E-state index is 0.202. The summed E-state index contributed by atoms with van der Waals surface area (Å²) in [5.41, 5.74) is -0.168. The van der Waals surface area contributed by atoms with Gasteiger partial charge in [-0.2, -0.15) is 0 Å². The molecule has 10 nitrogen and oxygen atoms in total. The number of carbonyl (C=O) groups excluding carboxylic acids is 4. The van der Waals surface area contributed by atoms with E-state index in [0.29, 0.717) is 37.5 Å². The van der Waals surface area contributed by atoms with Gasteiger partial charge in [-0.05, 0) is 91.4 Å². The Bertz CT molecular complexity index is 901. The Morgan fingerprint density at radius 2 is 1.16 bits per heavy atom. The van der Waals surface area contributed by atoms with E-state index in [1.165, 1.54) is 0 Å². The highest BCUT2D eigenvalue weighted by Gasteiger charge is 2.46. The first-order valence-corrected chi connectivity index (χ1v) is 15.7. The number of hydrogen-bond donors (Lipinski definition) is 2. The summed E-state index contributed by atoms with van der Waals surface area (Å²) in [6.07, 6.45) is 7.46. The first kappa shape index (κ1) is 40.0. The maximum absolute atomic E-state index is 12.6. The third-order valence-electron chi connectivity index (χ3n) is 7.99. The van der Waals surface area contributed by atoms with E-state index in [1.54, 1.807) is 27.7 Å². The van der Waals surface area contributed by atoms with Crippen molar-refractivity contribution in [3.63, 3.8) is 0 Å². The molecule has 0 aliphatic heterocycles. The molecule has 0 radical (unpaired) electrons. The molecule has 43 heavy (non-hydrogen) atoms. The Morgan fingerprint density at radius 3 is 1.67 bits per heavy atom. The molecule has 2 N–H and O–H groups in total. The Labute approximate surface area is 259 Å². The van der Waals surface area contributed by atoms with Gasteiger partial charge < -0.3 is 29.6 Å². The SMILES string of the molecule is C=C(C)C(=O)OCCCCCC(CCCNC(=O)OCC)C(C)(CCCCCOC(=O)C(=C)C)C(C)(C)NC(=O)OCC. The Kier molecular flexibility index (Phi) is 20.1. The lowest BCUT2D eigenvalue weighted by molar-refractivity contribution is -0.139. The van der Waals surface area contributed by atoms with Crippen molar-refractivity contribution in [3.05, 3.63) is 24.3 Å². The van der Waals surface area contributed by atoms with Gasteiger partial charge in [0.2, 0.25) is 0 Å². The highest BCUT2D eigenvalue weighted by atomic mass is 16.6. The maximum atomic E-state index is 12.6. The summed E-state index contributed by atoms with van der Waals surface area (Å²) in [5, 5.41) is 5.93. The summed E-state index contributed by atoms with van der Waals surface area (Å²) < 4.78 is 20.7. The fraction of sp³-hybridized carbons (Fsp3) is 0.758. The van der Waals surface area contributed by atoms with Crippen molar-refractivity contribution in [1.82, 2.24) is 10.6 Å². The zero-order valence-corrected chi connectivity index (χ0v) is 27.9. The van der Waals surface area contributed by atoms with Gasteiger partial charge in [-0.25, -0.2) is 19.2 Å². The van der Waals surface area contributed by atoms with Crippen LogP contribution in [0.25, 0.3) is 0 Å². The van der Waals surface area contributed by atoms with Crippen LogP contribution in [0.3, 0.4) is 0 Å². The van der Waals surface area contributed by atoms with Crippen molar-refractivity contribution in [1.29, 1.82) is 0 Å². The average Bonchev–Trinajstić information content (AvgIpc) is 2.92. The quantitative estimate of drug-likeness (QED) is 0.0547. The van der Waals surface area contributed by atoms with E-state index < -0.39 is 17.7 Å². The van der Waals surface area contributed by atoms with E-state index >= 15 is 0 Å². The fourth-order valence-electron chi connectivity index (χ4n) is 5.11. The second-order valence-corrected chi connectivity index (χ2v) is 11.9. The first-order valence-electron chi connectivity index (χ1n) is 15.7. The number of alkyl carbamates (subject to hydrolysis) is 2.